The molecule has 2 N–H and O–H groups in total. The van der Waals surface area contributed by atoms with Crippen LogP contribution in [-0.2, 0) is 4.74 Å². The fourth-order valence-electron chi connectivity index (χ4n) is 2.44. The average molecular weight is 366 g/mol. The summed E-state index contributed by atoms with van der Waals surface area (Å²) in [4.78, 5) is 16.5. The first-order chi connectivity index (χ1) is 11.6. The van der Waals surface area contributed by atoms with Gasteiger partial charge in [-0.1, -0.05) is 23.2 Å². The van der Waals surface area contributed by atoms with Crippen LogP contribution in [0, 0.1) is 0 Å². The summed E-state index contributed by atoms with van der Waals surface area (Å²) in [7, 11) is 0. The van der Waals surface area contributed by atoms with E-state index in [1.54, 1.807) is 30.3 Å². The summed E-state index contributed by atoms with van der Waals surface area (Å²) in [5.41, 5.74) is 0.906. The van der Waals surface area contributed by atoms with E-state index >= 15 is 0 Å². The Labute approximate surface area is 150 Å². The maximum Gasteiger partial charge on any atom is 0.257 e. The zero-order chi connectivity index (χ0) is 16.9. The monoisotopic (exact) mass is 365 g/mol. The van der Waals surface area contributed by atoms with Gasteiger partial charge in [0.25, 0.3) is 5.91 Å². The molecule has 1 fully saturated rings. The molecule has 0 aliphatic carbocycles. The van der Waals surface area contributed by atoms with Crippen LogP contribution in [0.4, 0.5) is 11.5 Å². The van der Waals surface area contributed by atoms with Gasteiger partial charge < -0.3 is 15.4 Å². The van der Waals surface area contributed by atoms with E-state index in [2.05, 4.69) is 15.6 Å². The second kappa shape index (κ2) is 7.83. The van der Waals surface area contributed by atoms with Crippen LogP contribution in [0.5, 0.6) is 0 Å². The first kappa shape index (κ1) is 17.0. The molecular weight excluding hydrogens is 349 g/mol. The molecule has 1 aliphatic rings. The lowest BCUT2D eigenvalue weighted by Gasteiger charge is -2.11. The number of hydrogen-bond donors (Lipinski definition) is 2. The zero-order valence-electron chi connectivity index (χ0n) is 12.9. The minimum absolute atomic E-state index is 0.236. The van der Waals surface area contributed by atoms with Crippen molar-refractivity contribution in [3.05, 3.63) is 52.1 Å². The number of nitrogens with one attached hydrogen (secondary N) is 2. The van der Waals surface area contributed by atoms with Gasteiger partial charge in [-0.15, -0.1) is 0 Å². The van der Waals surface area contributed by atoms with Gasteiger partial charge in [0.05, 0.1) is 22.4 Å². The van der Waals surface area contributed by atoms with Crippen molar-refractivity contribution < 1.29 is 9.53 Å². The number of halogens is 2. The Morgan fingerprint density at radius 3 is 2.88 bits per heavy atom. The van der Waals surface area contributed by atoms with Gasteiger partial charge in [0.2, 0.25) is 0 Å². The molecule has 0 spiro atoms. The van der Waals surface area contributed by atoms with Crippen LogP contribution in [0.25, 0.3) is 0 Å². The zero-order valence-corrected chi connectivity index (χ0v) is 14.4. The maximum atomic E-state index is 12.3. The van der Waals surface area contributed by atoms with Crippen LogP contribution in [0.1, 0.15) is 23.2 Å². The molecule has 2 aromatic rings. The highest BCUT2D eigenvalue weighted by molar-refractivity contribution is 6.35. The molecule has 0 bridgehead atoms. The summed E-state index contributed by atoms with van der Waals surface area (Å²) < 4.78 is 5.55. The van der Waals surface area contributed by atoms with Crippen molar-refractivity contribution in [2.24, 2.45) is 0 Å². The molecule has 1 aliphatic heterocycles. The molecule has 1 aromatic carbocycles. The summed E-state index contributed by atoms with van der Waals surface area (Å²) in [5, 5.41) is 6.87. The van der Waals surface area contributed by atoms with Crippen LogP contribution < -0.4 is 10.6 Å². The standard InChI is InChI=1S/C17H17Cl2N3O2/c18-12-4-5-14(19)15(8-12)22-17(23)11-3-6-16(20-9-11)21-10-13-2-1-7-24-13/h3-6,8-9,13H,1-2,7,10H2,(H,20,21)(H,22,23). The van der Waals surface area contributed by atoms with Crippen molar-refractivity contribution in [3.63, 3.8) is 0 Å². The fourth-order valence-corrected chi connectivity index (χ4v) is 2.78. The Kier molecular flexibility index (Phi) is 5.56. The van der Waals surface area contributed by atoms with Crippen molar-refractivity contribution in [1.29, 1.82) is 0 Å². The van der Waals surface area contributed by atoms with E-state index in [4.69, 9.17) is 27.9 Å². The number of carbonyl (C=O) groups is 1. The third kappa shape index (κ3) is 4.38. The summed E-state index contributed by atoms with van der Waals surface area (Å²) >= 11 is 12.0. The topological polar surface area (TPSA) is 63.2 Å². The highest BCUT2D eigenvalue weighted by Crippen LogP contribution is 2.25. The number of aromatic nitrogens is 1. The van der Waals surface area contributed by atoms with Gasteiger partial charge in [-0.2, -0.15) is 0 Å². The molecule has 1 aromatic heterocycles. The molecule has 1 saturated heterocycles. The molecule has 0 saturated carbocycles. The lowest BCUT2D eigenvalue weighted by molar-refractivity contribution is 0.102. The van der Waals surface area contributed by atoms with Crippen molar-refractivity contribution in [1.82, 2.24) is 4.98 Å². The second-order valence-electron chi connectivity index (χ2n) is 5.53. The first-order valence-electron chi connectivity index (χ1n) is 7.70. The second-order valence-corrected chi connectivity index (χ2v) is 6.37. The summed E-state index contributed by atoms with van der Waals surface area (Å²) in [5.74, 6) is 0.417. The molecular formula is C17H17Cl2N3O2. The Hall–Kier alpha value is -1.82. The predicted octanol–water partition coefficient (Wildman–Crippen LogP) is 4.23. The number of nitrogens with zero attached hydrogens (tertiary/aromatic N) is 1. The maximum absolute atomic E-state index is 12.3. The fraction of sp³-hybridized carbons (Fsp3) is 0.294. The SMILES string of the molecule is O=C(Nc1cc(Cl)ccc1Cl)c1ccc(NCC2CCCO2)nc1. The van der Waals surface area contributed by atoms with E-state index in [9.17, 15) is 4.79 Å². The van der Waals surface area contributed by atoms with Crippen LogP contribution in [0.15, 0.2) is 36.5 Å². The van der Waals surface area contributed by atoms with Crippen molar-refractivity contribution in [2.75, 3.05) is 23.8 Å². The highest BCUT2D eigenvalue weighted by atomic mass is 35.5. The molecule has 126 valence electrons. The van der Waals surface area contributed by atoms with Crippen LogP contribution in [0.3, 0.4) is 0 Å². The van der Waals surface area contributed by atoms with E-state index in [0.29, 0.717) is 27.1 Å². The Morgan fingerprint density at radius 1 is 1.29 bits per heavy atom. The number of benzene rings is 1. The van der Waals surface area contributed by atoms with Gasteiger partial charge in [-0.05, 0) is 43.2 Å². The van der Waals surface area contributed by atoms with Crippen LogP contribution in [-0.4, -0.2) is 30.1 Å². The third-order valence-electron chi connectivity index (χ3n) is 3.74. The number of pyridine rings is 1. The summed E-state index contributed by atoms with van der Waals surface area (Å²) in [6, 6.07) is 8.38. The van der Waals surface area contributed by atoms with Crippen molar-refractivity contribution >= 4 is 40.6 Å². The van der Waals surface area contributed by atoms with Gasteiger partial charge in [0.1, 0.15) is 5.82 Å². The number of hydrogen-bond acceptors (Lipinski definition) is 4. The number of anilines is 2. The van der Waals surface area contributed by atoms with E-state index in [0.717, 1.165) is 26.0 Å². The minimum atomic E-state index is -0.294. The van der Waals surface area contributed by atoms with E-state index < -0.39 is 0 Å². The highest BCUT2D eigenvalue weighted by Gasteiger charge is 2.15. The molecule has 3 rings (SSSR count). The number of ether oxygens (including phenoxy) is 1. The molecule has 7 heteroatoms. The number of amides is 1. The number of rotatable bonds is 5. The van der Waals surface area contributed by atoms with Crippen molar-refractivity contribution in [3.8, 4) is 0 Å². The van der Waals surface area contributed by atoms with Crippen LogP contribution in [0.2, 0.25) is 10.0 Å². The smallest absolute Gasteiger partial charge is 0.257 e. The molecule has 0 radical (unpaired) electrons. The predicted molar refractivity (Wildman–Crippen MR) is 96.1 cm³/mol. The van der Waals surface area contributed by atoms with E-state index in [-0.39, 0.29) is 12.0 Å². The lowest BCUT2D eigenvalue weighted by atomic mass is 10.2. The molecule has 24 heavy (non-hydrogen) atoms. The molecule has 1 unspecified atom stereocenters. The van der Waals surface area contributed by atoms with Gasteiger partial charge in [-0.25, -0.2) is 4.98 Å². The lowest BCUT2D eigenvalue weighted by Crippen LogP contribution is -2.19. The van der Waals surface area contributed by atoms with Crippen molar-refractivity contribution in [2.45, 2.75) is 18.9 Å². The first-order valence-corrected chi connectivity index (χ1v) is 8.45. The summed E-state index contributed by atoms with van der Waals surface area (Å²) in [6.45, 7) is 1.54. The molecule has 5 nitrogen and oxygen atoms in total. The summed E-state index contributed by atoms with van der Waals surface area (Å²) in [6.07, 6.45) is 3.92. The molecule has 1 atom stereocenters. The quantitative estimate of drug-likeness (QED) is 0.831. The van der Waals surface area contributed by atoms with Crippen LogP contribution >= 0.6 is 23.2 Å². The Balaban J connectivity index is 1.59. The average Bonchev–Trinajstić information content (AvgIpc) is 3.10. The Bertz CT molecular complexity index is 716. The molecule has 1 amide bonds. The normalized spacial score (nSPS) is 16.8. The van der Waals surface area contributed by atoms with Gasteiger partial charge in [-0.3, -0.25) is 4.79 Å². The largest absolute Gasteiger partial charge is 0.376 e. The Morgan fingerprint density at radius 2 is 2.17 bits per heavy atom. The minimum Gasteiger partial charge on any atom is -0.376 e. The third-order valence-corrected chi connectivity index (χ3v) is 4.30. The van der Waals surface area contributed by atoms with Gasteiger partial charge in [0, 0.05) is 24.4 Å². The molecule has 2 heterocycles. The van der Waals surface area contributed by atoms with E-state index in [1.807, 2.05) is 0 Å². The number of carbonyl (C=O) groups excluding carboxylic acids is 1. The van der Waals surface area contributed by atoms with E-state index in [1.165, 1.54) is 6.20 Å². The van der Waals surface area contributed by atoms with Gasteiger partial charge >= 0.3 is 0 Å². The van der Waals surface area contributed by atoms with Gasteiger partial charge in [0.15, 0.2) is 0 Å².